The van der Waals surface area contributed by atoms with Gasteiger partial charge in [-0.25, -0.2) is 0 Å². The number of aliphatic imine (C=N–C) groups is 1. The SMILES string of the molecule is CN=C(NCCCn1cccn1)NCc1cccc(CN2CCC(C)CC2)c1.I. The van der Waals surface area contributed by atoms with Crippen molar-refractivity contribution in [3.05, 3.63) is 53.9 Å². The monoisotopic (exact) mass is 510 g/mol. The molecule has 0 bridgehead atoms. The zero-order valence-corrected chi connectivity index (χ0v) is 20.0. The number of hydrogen-bond donors (Lipinski definition) is 2. The minimum absolute atomic E-state index is 0. The molecule has 2 aromatic rings. The Balaban J connectivity index is 0.00000300. The lowest BCUT2D eigenvalue weighted by Crippen LogP contribution is -2.37. The summed E-state index contributed by atoms with van der Waals surface area (Å²) in [5, 5.41) is 11.0. The van der Waals surface area contributed by atoms with Crippen molar-refractivity contribution in [1.82, 2.24) is 25.3 Å². The van der Waals surface area contributed by atoms with Crippen LogP contribution in [0.2, 0.25) is 0 Å². The molecule has 3 rings (SSSR count). The van der Waals surface area contributed by atoms with E-state index in [1.54, 1.807) is 0 Å². The molecule has 160 valence electrons. The van der Waals surface area contributed by atoms with Gasteiger partial charge in [0.05, 0.1) is 0 Å². The van der Waals surface area contributed by atoms with Crippen LogP contribution in [0.25, 0.3) is 0 Å². The molecular weight excluding hydrogens is 475 g/mol. The van der Waals surface area contributed by atoms with E-state index in [1.165, 1.54) is 37.1 Å². The minimum Gasteiger partial charge on any atom is -0.356 e. The van der Waals surface area contributed by atoms with Crippen molar-refractivity contribution in [1.29, 1.82) is 0 Å². The van der Waals surface area contributed by atoms with Gasteiger partial charge >= 0.3 is 0 Å². The van der Waals surface area contributed by atoms with Gasteiger partial charge in [-0.3, -0.25) is 14.6 Å². The summed E-state index contributed by atoms with van der Waals surface area (Å²) in [5.41, 5.74) is 2.69. The molecule has 7 heteroatoms. The maximum absolute atomic E-state index is 4.32. The molecule has 6 nitrogen and oxygen atoms in total. The number of nitrogens with one attached hydrogen (secondary N) is 2. The molecule has 1 aliphatic heterocycles. The largest absolute Gasteiger partial charge is 0.356 e. The standard InChI is InChI=1S/C22H34N6.HI/c1-19-8-14-27(15-9-19)18-21-7-3-6-20(16-21)17-25-22(23-2)24-10-4-12-28-13-5-11-26-28;/h3,5-7,11,13,16,19H,4,8-10,12,14-15,17-18H2,1-2H3,(H2,23,24,25);1H. The highest BCUT2D eigenvalue weighted by Gasteiger charge is 2.15. The second-order valence-corrected chi connectivity index (χ2v) is 7.75. The van der Waals surface area contributed by atoms with E-state index < -0.39 is 0 Å². The van der Waals surface area contributed by atoms with E-state index in [1.807, 2.05) is 30.2 Å². The lowest BCUT2D eigenvalue weighted by Gasteiger charge is -2.30. The van der Waals surface area contributed by atoms with Crippen molar-refractivity contribution in [3.8, 4) is 0 Å². The van der Waals surface area contributed by atoms with Gasteiger partial charge in [-0.2, -0.15) is 5.10 Å². The molecule has 2 heterocycles. The van der Waals surface area contributed by atoms with Crippen molar-refractivity contribution in [2.75, 3.05) is 26.7 Å². The molecule has 29 heavy (non-hydrogen) atoms. The first kappa shape index (κ1) is 23.7. The van der Waals surface area contributed by atoms with Gasteiger partial charge in [0.2, 0.25) is 0 Å². The Morgan fingerprint density at radius 2 is 1.97 bits per heavy atom. The smallest absolute Gasteiger partial charge is 0.191 e. The Labute approximate surface area is 192 Å². The Hall–Kier alpha value is -1.61. The number of rotatable bonds is 8. The molecule has 1 fully saturated rings. The minimum atomic E-state index is 0. The van der Waals surface area contributed by atoms with E-state index in [0.717, 1.165) is 44.5 Å². The van der Waals surface area contributed by atoms with E-state index >= 15 is 0 Å². The van der Waals surface area contributed by atoms with Gasteiger partial charge in [0, 0.05) is 45.6 Å². The van der Waals surface area contributed by atoms with E-state index in [9.17, 15) is 0 Å². The summed E-state index contributed by atoms with van der Waals surface area (Å²) in [5.74, 6) is 1.72. The fourth-order valence-electron chi connectivity index (χ4n) is 3.60. The molecule has 1 aliphatic rings. The summed E-state index contributed by atoms with van der Waals surface area (Å²) >= 11 is 0. The lowest BCUT2D eigenvalue weighted by atomic mass is 9.98. The normalized spacial score (nSPS) is 15.7. The lowest BCUT2D eigenvalue weighted by molar-refractivity contribution is 0.185. The number of aryl methyl sites for hydroxylation is 1. The second kappa shape index (κ2) is 12.8. The van der Waals surface area contributed by atoms with Crippen LogP contribution in [0.3, 0.4) is 0 Å². The van der Waals surface area contributed by atoms with Gasteiger partial charge < -0.3 is 10.6 Å². The predicted octanol–water partition coefficient (Wildman–Crippen LogP) is 3.49. The molecule has 0 atom stereocenters. The average Bonchev–Trinajstić information content (AvgIpc) is 3.23. The fourth-order valence-corrected chi connectivity index (χ4v) is 3.60. The molecular formula is C22H35IN6. The number of nitrogens with zero attached hydrogens (tertiary/aromatic N) is 4. The zero-order valence-electron chi connectivity index (χ0n) is 17.7. The Kier molecular flexibility index (Phi) is 10.5. The van der Waals surface area contributed by atoms with Crippen LogP contribution in [0.5, 0.6) is 0 Å². The summed E-state index contributed by atoms with van der Waals surface area (Å²) in [6.45, 7) is 8.42. The molecule has 0 spiro atoms. The summed E-state index contributed by atoms with van der Waals surface area (Å²) in [6.07, 6.45) is 7.46. The molecule has 1 aromatic carbocycles. The van der Waals surface area contributed by atoms with E-state index in [2.05, 4.69) is 56.8 Å². The topological polar surface area (TPSA) is 57.5 Å². The summed E-state index contributed by atoms with van der Waals surface area (Å²) in [7, 11) is 1.82. The van der Waals surface area contributed by atoms with Crippen LogP contribution < -0.4 is 10.6 Å². The van der Waals surface area contributed by atoms with Crippen LogP contribution in [0.15, 0.2) is 47.7 Å². The molecule has 1 aromatic heterocycles. The van der Waals surface area contributed by atoms with Crippen molar-refractivity contribution in [3.63, 3.8) is 0 Å². The van der Waals surface area contributed by atoms with Gasteiger partial charge in [-0.1, -0.05) is 31.2 Å². The first-order valence-corrected chi connectivity index (χ1v) is 10.4. The maximum atomic E-state index is 4.32. The van der Waals surface area contributed by atoms with Gasteiger partial charge in [-0.05, 0) is 55.5 Å². The Morgan fingerprint density at radius 3 is 2.69 bits per heavy atom. The summed E-state index contributed by atoms with van der Waals surface area (Å²) < 4.78 is 1.95. The zero-order chi connectivity index (χ0) is 19.6. The van der Waals surface area contributed by atoms with Gasteiger partial charge in [0.1, 0.15) is 0 Å². The average molecular weight is 510 g/mol. The van der Waals surface area contributed by atoms with Crippen LogP contribution in [0.1, 0.15) is 37.3 Å². The number of likely N-dealkylation sites (tertiary alicyclic amines) is 1. The molecule has 0 unspecified atom stereocenters. The van der Waals surface area contributed by atoms with Gasteiger partial charge in [-0.15, -0.1) is 24.0 Å². The van der Waals surface area contributed by atoms with Crippen molar-refractivity contribution < 1.29 is 0 Å². The Bertz CT molecular complexity index is 723. The number of benzene rings is 1. The predicted molar refractivity (Wildman–Crippen MR) is 131 cm³/mol. The maximum Gasteiger partial charge on any atom is 0.191 e. The number of halogens is 1. The highest BCUT2D eigenvalue weighted by atomic mass is 127. The number of aromatic nitrogens is 2. The van der Waals surface area contributed by atoms with Gasteiger partial charge in [0.15, 0.2) is 5.96 Å². The second-order valence-electron chi connectivity index (χ2n) is 7.75. The van der Waals surface area contributed by atoms with E-state index in [0.29, 0.717) is 0 Å². The number of piperidine rings is 1. The molecule has 0 radical (unpaired) electrons. The molecule has 0 aliphatic carbocycles. The number of guanidine groups is 1. The molecule has 0 saturated carbocycles. The third-order valence-corrected chi connectivity index (χ3v) is 5.37. The summed E-state index contributed by atoms with van der Waals surface area (Å²) in [4.78, 5) is 6.90. The summed E-state index contributed by atoms with van der Waals surface area (Å²) in [6, 6.07) is 10.9. The highest BCUT2D eigenvalue weighted by Crippen LogP contribution is 2.18. The third-order valence-electron chi connectivity index (χ3n) is 5.37. The van der Waals surface area contributed by atoms with Gasteiger partial charge in [0.25, 0.3) is 0 Å². The first-order valence-electron chi connectivity index (χ1n) is 10.4. The van der Waals surface area contributed by atoms with Crippen LogP contribution in [-0.4, -0.2) is 47.3 Å². The van der Waals surface area contributed by atoms with Crippen molar-refractivity contribution in [2.24, 2.45) is 10.9 Å². The van der Waals surface area contributed by atoms with E-state index in [4.69, 9.17) is 0 Å². The van der Waals surface area contributed by atoms with Crippen molar-refractivity contribution >= 4 is 29.9 Å². The fraction of sp³-hybridized carbons (Fsp3) is 0.545. The van der Waals surface area contributed by atoms with Crippen LogP contribution >= 0.6 is 24.0 Å². The molecule has 0 amide bonds. The van der Waals surface area contributed by atoms with Crippen LogP contribution in [0, 0.1) is 5.92 Å². The third kappa shape index (κ3) is 8.34. The van der Waals surface area contributed by atoms with Crippen molar-refractivity contribution in [2.45, 2.75) is 45.8 Å². The molecule has 2 N–H and O–H groups in total. The quantitative estimate of drug-likeness (QED) is 0.247. The Morgan fingerprint density at radius 1 is 1.17 bits per heavy atom. The first-order chi connectivity index (χ1) is 13.7. The van der Waals surface area contributed by atoms with Crippen LogP contribution in [-0.2, 0) is 19.6 Å². The highest BCUT2D eigenvalue weighted by molar-refractivity contribution is 14.0. The molecule has 1 saturated heterocycles. The van der Waals surface area contributed by atoms with E-state index in [-0.39, 0.29) is 24.0 Å². The number of hydrogen-bond acceptors (Lipinski definition) is 3. The van der Waals surface area contributed by atoms with Crippen LogP contribution in [0.4, 0.5) is 0 Å².